The molecular weight excluding hydrogens is 831 g/mol. The van der Waals surface area contributed by atoms with Crippen LogP contribution in [0.3, 0.4) is 0 Å². The maximum absolute atomic E-state index is 14.2. The van der Waals surface area contributed by atoms with Crippen LogP contribution >= 0.6 is 0 Å². The van der Waals surface area contributed by atoms with Crippen LogP contribution in [-0.4, -0.2) is 129 Å². The number of carbonyl (C=O) groups excluding carboxylic acids is 4. The van der Waals surface area contributed by atoms with Crippen LogP contribution in [0.5, 0.6) is 0 Å². The fraction of sp³-hybridized carbons (Fsp3) is 0.731. The topological polar surface area (TPSA) is 200 Å². The molecular formula is C52H83NO12. The largest absolute Gasteiger partial charge is 0.460 e. The molecule has 2 heterocycles. The Balaban J connectivity index is 1.75. The summed E-state index contributed by atoms with van der Waals surface area (Å²) in [6.07, 6.45) is 11.3. The Morgan fingerprint density at radius 3 is 2.22 bits per heavy atom. The van der Waals surface area contributed by atoms with Gasteiger partial charge in [0, 0.05) is 38.9 Å². The van der Waals surface area contributed by atoms with Gasteiger partial charge in [0.1, 0.15) is 30.1 Å². The molecule has 0 aromatic heterocycles. The first-order valence-electron chi connectivity index (χ1n) is 24.1. The maximum Gasteiger partial charge on any atom is 0.329 e. The van der Waals surface area contributed by atoms with Crippen molar-refractivity contribution in [3.63, 3.8) is 0 Å². The van der Waals surface area contributed by atoms with Crippen molar-refractivity contribution in [2.45, 2.75) is 199 Å². The monoisotopic (exact) mass is 914 g/mol. The van der Waals surface area contributed by atoms with Crippen LogP contribution in [0.1, 0.15) is 139 Å². The number of nitrogens with zero attached hydrogens (tertiary/aromatic N) is 1. The number of fused-ring (bicyclic) bond motifs is 1. The molecule has 12 unspecified atom stereocenters. The van der Waals surface area contributed by atoms with Gasteiger partial charge in [-0.25, -0.2) is 4.79 Å². The molecule has 0 bridgehead atoms. The molecule has 3 aliphatic rings. The van der Waals surface area contributed by atoms with Gasteiger partial charge in [0.25, 0.3) is 5.91 Å². The van der Waals surface area contributed by atoms with Gasteiger partial charge in [-0.2, -0.15) is 0 Å². The molecule has 2 saturated heterocycles. The summed E-state index contributed by atoms with van der Waals surface area (Å²) < 4.78 is 17.5. The van der Waals surface area contributed by atoms with E-state index in [1.54, 1.807) is 34.0 Å². The van der Waals surface area contributed by atoms with E-state index in [9.17, 15) is 44.7 Å². The molecule has 1 amide bonds. The highest BCUT2D eigenvalue weighted by Gasteiger charge is 2.68. The van der Waals surface area contributed by atoms with E-state index < -0.39 is 83.8 Å². The molecule has 0 aromatic rings. The second-order valence-corrected chi connectivity index (χ2v) is 19.5. The number of hydrogen-bond acceptors (Lipinski definition) is 12. The highest BCUT2D eigenvalue weighted by molar-refractivity contribution is 6.16. The van der Waals surface area contributed by atoms with E-state index in [1.165, 1.54) is 12.0 Å². The fourth-order valence-corrected chi connectivity index (χ4v) is 10.0. The van der Waals surface area contributed by atoms with Crippen LogP contribution in [0.15, 0.2) is 59.8 Å². The average molecular weight is 914 g/mol. The van der Waals surface area contributed by atoms with Crippen molar-refractivity contribution in [3.05, 3.63) is 59.8 Å². The summed E-state index contributed by atoms with van der Waals surface area (Å²) in [6, 6.07) is -1.99. The number of allylic oxidation sites excluding steroid dienone is 6. The highest BCUT2D eigenvalue weighted by Crippen LogP contribution is 2.44. The summed E-state index contributed by atoms with van der Waals surface area (Å²) in [5.41, 5.74) is -0.0633. The second-order valence-electron chi connectivity index (χ2n) is 19.5. The van der Waals surface area contributed by atoms with Gasteiger partial charge >= 0.3 is 5.97 Å². The minimum Gasteiger partial charge on any atom is -0.460 e. The number of ether oxygens (including phenoxy) is 3. The van der Waals surface area contributed by atoms with E-state index >= 15 is 0 Å². The van der Waals surface area contributed by atoms with Crippen LogP contribution in [0.4, 0.5) is 0 Å². The zero-order valence-electron chi connectivity index (χ0n) is 41.0. The predicted octanol–water partition coefficient (Wildman–Crippen LogP) is 6.68. The number of β-lactam (4-membered cyclic amide) rings is 1. The van der Waals surface area contributed by atoms with E-state index in [4.69, 9.17) is 14.2 Å². The van der Waals surface area contributed by atoms with Crippen molar-refractivity contribution < 1.29 is 58.9 Å². The number of ketones is 2. The molecule has 1 saturated carbocycles. The minimum atomic E-state index is -2.31. The van der Waals surface area contributed by atoms with Crippen LogP contribution in [0, 0.1) is 29.6 Å². The molecule has 65 heavy (non-hydrogen) atoms. The second kappa shape index (κ2) is 26.3. The number of methoxy groups -OCH3 is 2. The zero-order valence-corrected chi connectivity index (χ0v) is 41.0. The molecule has 2 aliphatic heterocycles. The van der Waals surface area contributed by atoms with Crippen molar-refractivity contribution >= 4 is 23.4 Å². The molecule has 13 heteroatoms. The van der Waals surface area contributed by atoms with Crippen molar-refractivity contribution in [1.82, 2.24) is 4.90 Å². The van der Waals surface area contributed by atoms with E-state index in [2.05, 4.69) is 13.5 Å². The number of carbonyl (C=O) groups is 4. The Morgan fingerprint density at radius 2 is 1.60 bits per heavy atom. The average Bonchev–Trinajstić information content (AvgIpc) is 3.28. The minimum absolute atomic E-state index is 0.0155. The van der Waals surface area contributed by atoms with Crippen LogP contribution in [0.2, 0.25) is 0 Å². The Bertz CT molecular complexity index is 1720. The molecule has 1 aliphatic carbocycles. The molecule has 15 atom stereocenters. The number of aliphatic hydroxyl groups excluding tert-OH is 4. The van der Waals surface area contributed by atoms with Gasteiger partial charge in [0.15, 0.2) is 5.78 Å². The first kappa shape index (κ1) is 56.0. The number of rotatable bonds is 27. The summed E-state index contributed by atoms with van der Waals surface area (Å²) >= 11 is 0. The summed E-state index contributed by atoms with van der Waals surface area (Å²) in [5, 5.41) is 54.5. The van der Waals surface area contributed by atoms with Crippen molar-refractivity contribution in [1.29, 1.82) is 0 Å². The first-order valence-corrected chi connectivity index (χ1v) is 24.1. The van der Waals surface area contributed by atoms with Crippen molar-refractivity contribution in [2.75, 3.05) is 14.2 Å². The molecule has 368 valence electrons. The first-order chi connectivity index (χ1) is 30.7. The van der Waals surface area contributed by atoms with Crippen LogP contribution in [-0.2, 0) is 33.4 Å². The lowest BCUT2D eigenvalue weighted by molar-refractivity contribution is -0.211. The molecule has 0 aromatic carbocycles. The Labute approximate surface area is 389 Å². The molecule has 5 N–H and O–H groups in total. The van der Waals surface area contributed by atoms with Gasteiger partial charge < -0.3 is 44.6 Å². The smallest absolute Gasteiger partial charge is 0.329 e. The number of amides is 1. The quantitative estimate of drug-likeness (QED) is 0.0193. The van der Waals surface area contributed by atoms with Gasteiger partial charge in [-0.05, 0) is 119 Å². The molecule has 13 nitrogen and oxygen atoms in total. The number of hydrogen-bond donors (Lipinski definition) is 5. The fourth-order valence-electron chi connectivity index (χ4n) is 10.0. The summed E-state index contributed by atoms with van der Waals surface area (Å²) in [4.78, 5) is 57.2. The predicted molar refractivity (Wildman–Crippen MR) is 251 cm³/mol. The third-order valence-electron chi connectivity index (χ3n) is 14.4. The normalized spacial score (nSPS) is 28.4. The van der Waals surface area contributed by atoms with E-state index in [0.717, 1.165) is 24.0 Å². The van der Waals surface area contributed by atoms with Crippen molar-refractivity contribution in [2.24, 2.45) is 29.6 Å². The number of Topliss-reactive ketones (excluding diaryl/α,β-unsaturated/α-hetero) is 2. The van der Waals surface area contributed by atoms with Gasteiger partial charge in [-0.3, -0.25) is 14.4 Å². The van der Waals surface area contributed by atoms with Crippen LogP contribution in [0.25, 0.3) is 0 Å². The molecule has 3 fully saturated rings. The Hall–Kier alpha value is -3.30. The Kier molecular flexibility index (Phi) is 22.7. The SMILES string of the molecule is C=C(C(OC)C(O)/C(C)=C/C(C)C(=O)CC(OC(=O)[C@@H]1CCCC2N1C(=O)C2(O)C(=O)[C@H](C)CCC(O)CC(OC)/C(C)=C/C=C/C=C/C)C(C)CC1CCC(O)C(O)C1)[C@H](C)CCC. The maximum atomic E-state index is 14.2. The number of piperidine rings is 1. The lowest BCUT2D eigenvalue weighted by Gasteiger charge is -2.57. The van der Waals surface area contributed by atoms with Gasteiger partial charge in [-0.15, -0.1) is 0 Å². The molecule has 3 rings (SSSR count). The van der Waals surface area contributed by atoms with E-state index in [-0.39, 0.29) is 55.3 Å². The Morgan fingerprint density at radius 1 is 0.908 bits per heavy atom. The van der Waals surface area contributed by atoms with Crippen LogP contribution < -0.4 is 0 Å². The number of esters is 1. The number of aliphatic hydroxyl groups is 5. The third-order valence-corrected chi connectivity index (χ3v) is 14.4. The van der Waals surface area contributed by atoms with Gasteiger partial charge in [0.2, 0.25) is 5.60 Å². The summed E-state index contributed by atoms with van der Waals surface area (Å²) in [5.74, 6) is -4.07. The molecule has 0 spiro atoms. The summed E-state index contributed by atoms with van der Waals surface area (Å²) in [6.45, 7) is 19.1. The summed E-state index contributed by atoms with van der Waals surface area (Å²) in [7, 11) is 3.09. The highest BCUT2D eigenvalue weighted by atomic mass is 16.5. The van der Waals surface area contributed by atoms with Gasteiger partial charge in [-0.1, -0.05) is 84.1 Å². The molecule has 0 radical (unpaired) electrons. The zero-order chi connectivity index (χ0) is 48.8. The van der Waals surface area contributed by atoms with Gasteiger partial charge in [0.05, 0.1) is 30.5 Å². The standard InChI is InChI=1S/C52H83NO12/c1-12-14-15-16-19-32(4)44(63-10)29-39(54)24-22-33(5)49(59)52(62)46-21-17-20-40(53(46)51(52)61)50(60)65-45(35(7)27-38-23-25-41(55)43(57)28-38)30-42(56)34(6)26-36(8)47(58)48(64-11)37(9)31(3)18-13-2/h12,14-16,19,26,31,33-35,38-41,43-48,54-55,57-58,62H,9,13,17-18,20-25,27-30H2,1-8,10-11H3/b14-12+,16-15+,32-19+,36-26+/t31-,33-,34?,35?,38?,39?,40+,41?,43?,44?,45?,46?,47?,48?,52?/m1/s1. The van der Waals surface area contributed by atoms with E-state index in [0.29, 0.717) is 50.5 Å². The lowest BCUT2D eigenvalue weighted by Crippen LogP contribution is -2.81. The van der Waals surface area contributed by atoms with E-state index in [1.807, 2.05) is 58.1 Å². The van der Waals surface area contributed by atoms with Crippen molar-refractivity contribution in [3.8, 4) is 0 Å². The third kappa shape index (κ3) is 14.6. The lowest BCUT2D eigenvalue weighted by atomic mass is 9.69.